The van der Waals surface area contributed by atoms with Crippen LogP contribution in [0.2, 0.25) is 0 Å². The minimum absolute atomic E-state index is 0.404. The van der Waals surface area contributed by atoms with E-state index in [2.05, 4.69) is 39.9 Å². The molecule has 0 fully saturated rings. The fraction of sp³-hybridized carbons (Fsp3) is 0.667. The molecule has 1 aromatic heterocycles. The molecule has 0 unspecified atom stereocenters. The molecule has 1 heterocycles. The van der Waals surface area contributed by atoms with E-state index in [1.807, 2.05) is 6.92 Å². The minimum atomic E-state index is -0.404. The van der Waals surface area contributed by atoms with Gasteiger partial charge in [0.25, 0.3) is 0 Å². The predicted molar refractivity (Wildman–Crippen MR) is 75.5 cm³/mol. The molecule has 1 aromatic rings. The van der Waals surface area contributed by atoms with Crippen molar-refractivity contribution in [3.63, 3.8) is 0 Å². The predicted octanol–water partition coefficient (Wildman–Crippen LogP) is 2.73. The Morgan fingerprint density at radius 1 is 1.47 bits per heavy atom. The second-order valence-electron chi connectivity index (χ2n) is 3.85. The smallest absolute Gasteiger partial charge is 0.0900 e. The summed E-state index contributed by atoms with van der Waals surface area (Å²) in [6.45, 7) is 7.59. The molecule has 0 aromatic carbocycles. The van der Waals surface area contributed by atoms with Crippen LogP contribution in [-0.4, -0.2) is 42.4 Å². The SMILES string of the molecule is CCOC[C@@H](O)CN(CC)Cc1ccc(Br)s1. The van der Waals surface area contributed by atoms with Gasteiger partial charge in [-0.3, -0.25) is 4.90 Å². The summed E-state index contributed by atoms with van der Waals surface area (Å²) in [7, 11) is 0. The van der Waals surface area contributed by atoms with Gasteiger partial charge in [0.1, 0.15) is 0 Å². The zero-order valence-corrected chi connectivity index (χ0v) is 12.8. The van der Waals surface area contributed by atoms with Crippen LogP contribution in [0.1, 0.15) is 18.7 Å². The van der Waals surface area contributed by atoms with Crippen LogP contribution in [0.4, 0.5) is 0 Å². The highest BCUT2D eigenvalue weighted by atomic mass is 79.9. The number of nitrogens with zero attached hydrogens (tertiary/aromatic N) is 1. The molecule has 0 saturated heterocycles. The summed E-state index contributed by atoms with van der Waals surface area (Å²) in [5, 5.41) is 9.79. The first-order valence-electron chi connectivity index (χ1n) is 5.88. The van der Waals surface area contributed by atoms with Crippen molar-refractivity contribution in [1.82, 2.24) is 4.90 Å². The Bertz CT molecular complexity index is 319. The van der Waals surface area contributed by atoms with Gasteiger partial charge in [0.2, 0.25) is 0 Å². The first kappa shape index (κ1) is 15.1. The standard InChI is InChI=1S/C12H20BrNO2S/c1-3-14(7-10(15)9-16-4-2)8-11-5-6-12(13)17-11/h5-6,10,15H,3-4,7-9H2,1-2H3/t10-/m0/s1. The summed E-state index contributed by atoms with van der Waals surface area (Å²) in [5.41, 5.74) is 0. The van der Waals surface area contributed by atoms with Gasteiger partial charge in [0.05, 0.1) is 16.5 Å². The highest BCUT2D eigenvalue weighted by molar-refractivity contribution is 9.11. The van der Waals surface area contributed by atoms with Gasteiger partial charge in [-0.1, -0.05) is 6.92 Å². The van der Waals surface area contributed by atoms with E-state index in [1.165, 1.54) is 4.88 Å². The van der Waals surface area contributed by atoms with Crippen LogP contribution in [0.25, 0.3) is 0 Å². The molecule has 3 nitrogen and oxygen atoms in total. The normalized spacial score (nSPS) is 13.2. The van der Waals surface area contributed by atoms with Crippen molar-refractivity contribution < 1.29 is 9.84 Å². The molecule has 1 rings (SSSR count). The van der Waals surface area contributed by atoms with Gasteiger partial charge in [-0.15, -0.1) is 11.3 Å². The van der Waals surface area contributed by atoms with Gasteiger partial charge in [0, 0.05) is 24.6 Å². The number of likely N-dealkylation sites (N-methyl/N-ethyl adjacent to an activating group) is 1. The van der Waals surface area contributed by atoms with Gasteiger partial charge < -0.3 is 9.84 Å². The highest BCUT2D eigenvalue weighted by Crippen LogP contribution is 2.23. The molecule has 1 atom stereocenters. The third-order valence-corrected chi connectivity index (χ3v) is 4.05. The molecule has 0 saturated carbocycles. The Balaban J connectivity index is 2.37. The van der Waals surface area contributed by atoms with E-state index >= 15 is 0 Å². The van der Waals surface area contributed by atoms with Crippen LogP contribution in [0.15, 0.2) is 15.9 Å². The maximum absolute atomic E-state index is 9.79. The maximum atomic E-state index is 9.79. The molecule has 98 valence electrons. The largest absolute Gasteiger partial charge is 0.389 e. The quantitative estimate of drug-likeness (QED) is 0.799. The van der Waals surface area contributed by atoms with E-state index < -0.39 is 6.10 Å². The Labute approximate surface area is 116 Å². The molecular weight excluding hydrogens is 302 g/mol. The lowest BCUT2D eigenvalue weighted by molar-refractivity contribution is 0.0208. The fourth-order valence-corrected chi connectivity index (χ4v) is 3.09. The molecule has 0 amide bonds. The number of aliphatic hydroxyl groups is 1. The Hall–Kier alpha value is 0.0600. The molecule has 0 radical (unpaired) electrons. The summed E-state index contributed by atoms with van der Waals surface area (Å²) in [4.78, 5) is 3.53. The van der Waals surface area contributed by atoms with Gasteiger partial charge in [-0.25, -0.2) is 0 Å². The number of aliphatic hydroxyl groups excluding tert-OH is 1. The van der Waals surface area contributed by atoms with Gasteiger partial charge in [-0.05, 0) is 41.5 Å². The second kappa shape index (κ2) is 8.21. The van der Waals surface area contributed by atoms with Crippen LogP contribution in [0.5, 0.6) is 0 Å². The van der Waals surface area contributed by atoms with E-state index in [4.69, 9.17) is 4.74 Å². The number of halogens is 1. The highest BCUT2D eigenvalue weighted by Gasteiger charge is 2.11. The number of thiophene rings is 1. The van der Waals surface area contributed by atoms with Crippen molar-refractivity contribution in [2.75, 3.05) is 26.3 Å². The van der Waals surface area contributed by atoms with E-state index in [1.54, 1.807) is 11.3 Å². The zero-order chi connectivity index (χ0) is 12.7. The van der Waals surface area contributed by atoms with Crippen LogP contribution < -0.4 is 0 Å². The monoisotopic (exact) mass is 321 g/mol. The lowest BCUT2D eigenvalue weighted by Crippen LogP contribution is -2.34. The van der Waals surface area contributed by atoms with Gasteiger partial charge in [0.15, 0.2) is 0 Å². The average Bonchev–Trinajstić information content (AvgIpc) is 2.71. The van der Waals surface area contributed by atoms with E-state index in [0.29, 0.717) is 19.8 Å². The van der Waals surface area contributed by atoms with Crippen molar-refractivity contribution in [1.29, 1.82) is 0 Å². The molecule has 17 heavy (non-hydrogen) atoms. The van der Waals surface area contributed by atoms with Crippen LogP contribution in [0, 0.1) is 0 Å². The van der Waals surface area contributed by atoms with E-state index in [-0.39, 0.29) is 0 Å². The number of hydrogen-bond acceptors (Lipinski definition) is 4. The molecule has 5 heteroatoms. The lowest BCUT2D eigenvalue weighted by atomic mass is 10.3. The minimum Gasteiger partial charge on any atom is -0.389 e. The van der Waals surface area contributed by atoms with Crippen LogP contribution in [0.3, 0.4) is 0 Å². The van der Waals surface area contributed by atoms with Crippen LogP contribution >= 0.6 is 27.3 Å². The van der Waals surface area contributed by atoms with Gasteiger partial charge >= 0.3 is 0 Å². The molecule has 0 spiro atoms. The first-order chi connectivity index (χ1) is 8.15. The maximum Gasteiger partial charge on any atom is 0.0900 e. The van der Waals surface area contributed by atoms with Crippen molar-refractivity contribution in [3.05, 3.63) is 20.8 Å². The first-order valence-corrected chi connectivity index (χ1v) is 7.49. The third-order valence-electron chi connectivity index (χ3n) is 2.44. The third kappa shape index (κ3) is 5.97. The molecule has 0 aliphatic heterocycles. The Kier molecular flexibility index (Phi) is 7.30. The number of rotatable bonds is 8. The summed E-state index contributed by atoms with van der Waals surface area (Å²) in [5.74, 6) is 0. The Morgan fingerprint density at radius 3 is 2.76 bits per heavy atom. The summed E-state index contributed by atoms with van der Waals surface area (Å²) in [6.07, 6.45) is -0.404. The zero-order valence-electron chi connectivity index (χ0n) is 10.4. The molecule has 1 N–H and O–H groups in total. The van der Waals surface area contributed by atoms with Crippen LogP contribution in [-0.2, 0) is 11.3 Å². The fourth-order valence-electron chi connectivity index (χ4n) is 1.57. The summed E-state index contributed by atoms with van der Waals surface area (Å²) < 4.78 is 6.36. The Morgan fingerprint density at radius 2 is 2.24 bits per heavy atom. The lowest BCUT2D eigenvalue weighted by Gasteiger charge is -2.22. The van der Waals surface area contributed by atoms with E-state index in [9.17, 15) is 5.11 Å². The van der Waals surface area contributed by atoms with Crippen molar-refractivity contribution in [2.45, 2.75) is 26.5 Å². The molecule has 0 aliphatic rings. The number of hydrogen-bond donors (Lipinski definition) is 1. The molecular formula is C12H20BrNO2S. The van der Waals surface area contributed by atoms with E-state index in [0.717, 1.165) is 16.9 Å². The topological polar surface area (TPSA) is 32.7 Å². The summed E-state index contributed by atoms with van der Waals surface area (Å²) in [6, 6.07) is 4.18. The van der Waals surface area contributed by atoms with Crippen molar-refractivity contribution in [3.8, 4) is 0 Å². The molecule has 0 bridgehead atoms. The van der Waals surface area contributed by atoms with Crippen molar-refractivity contribution in [2.24, 2.45) is 0 Å². The van der Waals surface area contributed by atoms with Crippen molar-refractivity contribution >= 4 is 27.3 Å². The number of ether oxygens (including phenoxy) is 1. The van der Waals surface area contributed by atoms with Gasteiger partial charge in [-0.2, -0.15) is 0 Å². The summed E-state index contributed by atoms with van der Waals surface area (Å²) >= 11 is 5.20. The average molecular weight is 322 g/mol. The molecule has 0 aliphatic carbocycles. The second-order valence-corrected chi connectivity index (χ2v) is 6.39.